The number of aromatic nitrogens is 1. The summed E-state index contributed by atoms with van der Waals surface area (Å²) in [6.07, 6.45) is 5.50. The van der Waals surface area contributed by atoms with Crippen LogP contribution < -0.4 is 16.0 Å². The van der Waals surface area contributed by atoms with E-state index in [1.54, 1.807) is 30.3 Å². The van der Waals surface area contributed by atoms with Crippen LogP contribution in [-0.2, 0) is 4.74 Å². The van der Waals surface area contributed by atoms with Crippen LogP contribution in [0.25, 0.3) is 17.0 Å². The van der Waals surface area contributed by atoms with Crippen LogP contribution in [0.5, 0.6) is 0 Å². The van der Waals surface area contributed by atoms with E-state index in [-0.39, 0.29) is 17.9 Å². The Kier molecular flexibility index (Phi) is 7.79. The summed E-state index contributed by atoms with van der Waals surface area (Å²) >= 11 is 0. The molecule has 3 N–H and O–H groups in total. The van der Waals surface area contributed by atoms with Crippen molar-refractivity contribution in [2.24, 2.45) is 0 Å². The third kappa shape index (κ3) is 6.71. The topological polar surface area (TPSA) is 92.4 Å². The highest BCUT2D eigenvalue weighted by molar-refractivity contribution is 6.07. The van der Waals surface area contributed by atoms with E-state index < -0.39 is 0 Å². The van der Waals surface area contributed by atoms with E-state index in [2.05, 4.69) is 20.9 Å². The molecule has 0 bridgehead atoms. The lowest BCUT2D eigenvalue weighted by molar-refractivity contribution is 0.0358. The van der Waals surface area contributed by atoms with E-state index in [0.29, 0.717) is 24.4 Å². The average Bonchev–Trinajstić information content (AvgIpc) is 2.86. The van der Waals surface area contributed by atoms with Crippen LogP contribution in [0.15, 0.2) is 66.7 Å². The van der Waals surface area contributed by atoms with Gasteiger partial charge >= 0.3 is 6.03 Å². The zero-order valence-electron chi connectivity index (χ0n) is 18.4. The van der Waals surface area contributed by atoms with Crippen LogP contribution in [0.4, 0.5) is 10.5 Å². The van der Waals surface area contributed by atoms with Gasteiger partial charge in [0.15, 0.2) is 5.78 Å². The van der Waals surface area contributed by atoms with Crippen LogP contribution in [-0.4, -0.2) is 49.1 Å². The number of hydrogen-bond donors (Lipinski definition) is 3. The number of benzene rings is 2. The molecule has 0 atom stereocenters. The Morgan fingerprint density at radius 1 is 1.03 bits per heavy atom. The van der Waals surface area contributed by atoms with Gasteiger partial charge in [0.05, 0.1) is 23.9 Å². The molecule has 7 heteroatoms. The molecule has 33 heavy (non-hydrogen) atoms. The van der Waals surface area contributed by atoms with Crippen molar-refractivity contribution >= 4 is 34.5 Å². The second-order valence-electron chi connectivity index (χ2n) is 7.90. The van der Waals surface area contributed by atoms with Crippen LogP contribution in [0.3, 0.4) is 0 Å². The predicted octanol–water partition coefficient (Wildman–Crippen LogP) is 4.02. The summed E-state index contributed by atoms with van der Waals surface area (Å²) in [5.41, 5.74) is 2.76. The zero-order chi connectivity index (χ0) is 22.9. The number of allylic oxidation sites excluding steroid dienone is 1. The molecule has 4 rings (SSSR count). The highest BCUT2D eigenvalue weighted by Gasteiger charge is 2.13. The van der Waals surface area contributed by atoms with Gasteiger partial charge in [-0.15, -0.1) is 0 Å². The molecule has 0 aliphatic carbocycles. The molecule has 1 aliphatic heterocycles. The van der Waals surface area contributed by atoms with Gasteiger partial charge in [-0.3, -0.25) is 4.79 Å². The standard InChI is InChI=1S/C26H28N4O3/c31-25(12-11-21-8-5-19-3-1-2-4-24(19)29-21)20-6-9-22(10-7-20)30-26(32)28-17-18-33-23-13-15-27-16-14-23/h1-12,23,27H,13-18H2,(H2,28,30,32)/b12-11+. The Labute approximate surface area is 193 Å². The van der Waals surface area contributed by atoms with E-state index >= 15 is 0 Å². The van der Waals surface area contributed by atoms with E-state index in [0.717, 1.165) is 42.5 Å². The molecule has 1 saturated heterocycles. The van der Waals surface area contributed by atoms with Crippen LogP contribution in [0.1, 0.15) is 28.9 Å². The van der Waals surface area contributed by atoms with E-state index in [9.17, 15) is 9.59 Å². The Bertz CT molecular complexity index is 1120. The lowest BCUT2D eigenvalue weighted by Crippen LogP contribution is -2.35. The number of carbonyl (C=O) groups excluding carboxylic acids is 2. The maximum absolute atomic E-state index is 12.5. The first kappa shape index (κ1) is 22.6. The zero-order valence-corrected chi connectivity index (χ0v) is 18.4. The fourth-order valence-corrected chi connectivity index (χ4v) is 3.68. The van der Waals surface area contributed by atoms with Crippen molar-refractivity contribution < 1.29 is 14.3 Å². The van der Waals surface area contributed by atoms with Gasteiger partial charge in [-0.05, 0) is 74.5 Å². The van der Waals surface area contributed by atoms with E-state index in [4.69, 9.17) is 4.74 Å². The quantitative estimate of drug-likeness (QED) is 0.277. The summed E-state index contributed by atoms with van der Waals surface area (Å²) in [5.74, 6) is -0.129. The van der Waals surface area contributed by atoms with Gasteiger partial charge in [0.2, 0.25) is 0 Å². The largest absolute Gasteiger partial charge is 0.376 e. The maximum atomic E-state index is 12.5. The number of amides is 2. The fraction of sp³-hybridized carbons (Fsp3) is 0.269. The molecule has 0 unspecified atom stereocenters. The Morgan fingerprint density at radius 2 is 1.82 bits per heavy atom. The van der Waals surface area contributed by atoms with Gasteiger partial charge in [0.1, 0.15) is 0 Å². The monoisotopic (exact) mass is 444 g/mol. The minimum Gasteiger partial charge on any atom is -0.376 e. The minimum absolute atomic E-state index is 0.129. The van der Waals surface area contributed by atoms with Crippen molar-refractivity contribution in [2.45, 2.75) is 18.9 Å². The van der Waals surface area contributed by atoms with Crippen LogP contribution >= 0.6 is 0 Å². The third-order valence-corrected chi connectivity index (χ3v) is 5.48. The normalized spacial score (nSPS) is 14.4. The number of nitrogens with zero attached hydrogens (tertiary/aromatic N) is 1. The Morgan fingerprint density at radius 3 is 2.64 bits per heavy atom. The first-order valence-electron chi connectivity index (χ1n) is 11.2. The summed E-state index contributed by atoms with van der Waals surface area (Å²) in [5, 5.41) is 9.90. The van der Waals surface area contributed by atoms with Crippen molar-refractivity contribution in [3.8, 4) is 0 Å². The first-order chi connectivity index (χ1) is 16.2. The third-order valence-electron chi connectivity index (χ3n) is 5.48. The Hall–Kier alpha value is -3.55. The summed E-state index contributed by atoms with van der Waals surface area (Å²) in [6.45, 7) is 2.89. The Balaban J connectivity index is 1.23. The van der Waals surface area contributed by atoms with Crippen LogP contribution in [0, 0.1) is 0 Å². The van der Waals surface area contributed by atoms with Crippen molar-refractivity contribution in [3.05, 3.63) is 78.0 Å². The molecule has 0 radical (unpaired) electrons. The summed E-state index contributed by atoms with van der Waals surface area (Å²) in [7, 11) is 0. The number of hydrogen-bond acceptors (Lipinski definition) is 5. The highest BCUT2D eigenvalue weighted by Crippen LogP contribution is 2.14. The molecule has 2 amide bonds. The molecular formula is C26H28N4O3. The molecule has 0 spiro atoms. The van der Waals surface area contributed by atoms with Gasteiger partial charge in [0.25, 0.3) is 0 Å². The van der Waals surface area contributed by atoms with E-state index in [1.165, 1.54) is 6.08 Å². The number of piperidine rings is 1. The number of pyridine rings is 1. The molecule has 170 valence electrons. The number of anilines is 1. The SMILES string of the molecule is O=C(NCCOC1CCNCC1)Nc1ccc(C(=O)/C=C/c2ccc3ccccc3n2)cc1. The van der Waals surface area contributed by atoms with Crippen molar-refractivity contribution in [3.63, 3.8) is 0 Å². The average molecular weight is 445 g/mol. The molecule has 1 fully saturated rings. The summed E-state index contributed by atoms with van der Waals surface area (Å²) in [6, 6.07) is 18.2. The number of nitrogens with one attached hydrogen (secondary N) is 3. The number of urea groups is 1. The molecule has 1 aromatic heterocycles. The van der Waals surface area contributed by atoms with Crippen LogP contribution in [0.2, 0.25) is 0 Å². The number of ether oxygens (including phenoxy) is 1. The number of carbonyl (C=O) groups is 2. The second kappa shape index (κ2) is 11.4. The molecule has 3 aromatic rings. The van der Waals surface area contributed by atoms with Crippen molar-refractivity contribution in [2.75, 3.05) is 31.6 Å². The number of fused-ring (bicyclic) bond motifs is 1. The number of rotatable bonds is 8. The van der Waals surface area contributed by atoms with Gasteiger partial charge in [0, 0.05) is 23.2 Å². The minimum atomic E-state index is -0.301. The lowest BCUT2D eigenvalue weighted by atomic mass is 10.1. The first-order valence-corrected chi connectivity index (χ1v) is 11.2. The molecule has 7 nitrogen and oxygen atoms in total. The molecule has 0 saturated carbocycles. The molecular weight excluding hydrogens is 416 g/mol. The van der Waals surface area contributed by atoms with Gasteiger partial charge in [-0.25, -0.2) is 9.78 Å². The predicted molar refractivity (Wildman–Crippen MR) is 130 cm³/mol. The number of ketones is 1. The second-order valence-corrected chi connectivity index (χ2v) is 7.90. The summed E-state index contributed by atoms with van der Waals surface area (Å²) < 4.78 is 5.77. The maximum Gasteiger partial charge on any atom is 0.319 e. The van der Waals surface area contributed by atoms with E-state index in [1.807, 2.05) is 36.4 Å². The summed E-state index contributed by atoms with van der Waals surface area (Å²) in [4.78, 5) is 29.1. The van der Waals surface area contributed by atoms with Crippen molar-refractivity contribution in [1.82, 2.24) is 15.6 Å². The fourth-order valence-electron chi connectivity index (χ4n) is 3.68. The molecule has 2 aromatic carbocycles. The van der Waals surface area contributed by atoms with Gasteiger partial charge in [-0.1, -0.05) is 24.3 Å². The van der Waals surface area contributed by atoms with Gasteiger partial charge < -0.3 is 20.7 Å². The molecule has 2 heterocycles. The van der Waals surface area contributed by atoms with Gasteiger partial charge in [-0.2, -0.15) is 0 Å². The number of para-hydroxylation sites is 1. The van der Waals surface area contributed by atoms with Crippen molar-refractivity contribution in [1.29, 1.82) is 0 Å². The smallest absolute Gasteiger partial charge is 0.319 e. The molecule has 1 aliphatic rings. The lowest BCUT2D eigenvalue weighted by Gasteiger charge is -2.22. The highest BCUT2D eigenvalue weighted by atomic mass is 16.5.